The maximum absolute atomic E-state index is 12.3. The van der Waals surface area contributed by atoms with E-state index in [0.29, 0.717) is 12.2 Å². The van der Waals surface area contributed by atoms with Gasteiger partial charge in [0.15, 0.2) is 9.84 Å². The van der Waals surface area contributed by atoms with E-state index in [4.69, 9.17) is 0 Å². The Kier molecular flexibility index (Phi) is 2.52. The third kappa shape index (κ3) is 1.70. The summed E-state index contributed by atoms with van der Waals surface area (Å²) in [6.07, 6.45) is 1.54. The molecule has 0 radical (unpaired) electrons. The Morgan fingerprint density at radius 2 is 2.12 bits per heavy atom. The average Bonchev–Trinajstić information content (AvgIpc) is 2.68. The third-order valence-electron chi connectivity index (χ3n) is 3.99. The van der Waals surface area contributed by atoms with Crippen molar-refractivity contribution in [2.75, 3.05) is 5.75 Å². The van der Waals surface area contributed by atoms with Crippen LogP contribution in [-0.2, 0) is 16.3 Å². The fourth-order valence-corrected chi connectivity index (χ4v) is 5.24. The van der Waals surface area contributed by atoms with E-state index >= 15 is 0 Å². The molecular weight excluding hydrogens is 234 g/mol. The van der Waals surface area contributed by atoms with Gasteiger partial charge in [0, 0.05) is 12.1 Å². The highest BCUT2D eigenvalue weighted by Crippen LogP contribution is 2.38. The molecule has 0 saturated carbocycles. The minimum absolute atomic E-state index is 0.00917. The van der Waals surface area contributed by atoms with E-state index in [1.807, 2.05) is 25.1 Å². The second-order valence-electron chi connectivity index (χ2n) is 5.02. The first kappa shape index (κ1) is 11.2. The highest BCUT2D eigenvalue weighted by molar-refractivity contribution is 7.92. The number of sulfone groups is 1. The Labute approximate surface area is 102 Å². The van der Waals surface area contributed by atoms with Gasteiger partial charge in [0.1, 0.15) is 0 Å². The molecule has 0 amide bonds. The molecule has 0 spiro atoms. The number of fused-ring (bicyclic) bond motifs is 3. The van der Waals surface area contributed by atoms with Crippen LogP contribution in [0.1, 0.15) is 30.5 Å². The van der Waals surface area contributed by atoms with Crippen molar-refractivity contribution in [3.05, 3.63) is 35.4 Å². The second-order valence-corrected chi connectivity index (χ2v) is 7.28. The van der Waals surface area contributed by atoms with E-state index in [-0.39, 0.29) is 17.3 Å². The minimum atomic E-state index is -2.95. The molecule has 3 unspecified atom stereocenters. The van der Waals surface area contributed by atoms with Crippen LogP contribution in [0.15, 0.2) is 24.3 Å². The predicted molar refractivity (Wildman–Crippen MR) is 67.7 cm³/mol. The van der Waals surface area contributed by atoms with Crippen LogP contribution in [0.25, 0.3) is 0 Å². The van der Waals surface area contributed by atoms with Gasteiger partial charge in [-0.1, -0.05) is 31.2 Å². The van der Waals surface area contributed by atoms with E-state index in [9.17, 15) is 8.42 Å². The lowest BCUT2D eigenvalue weighted by Gasteiger charge is -2.33. The Morgan fingerprint density at radius 1 is 1.35 bits per heavy atom. The molecular formula is C13H17NO2S. The van der Waals surface area contributed by atoms with Crippen molar-refractivity contribution in [2.45, 2.75) is 37.1 Å². The summed E-state index contributed by atoms with van der Waals surface area (Å²) >= 11 is 0. The molecule has 1 aliphatic heterocycles. The summed E-state index contributed by atoms with van der Waals surface area (Å²) in [5, 5.41) is 3.25. The highest BCUT2D eigenvalue weighted by Gasteiger charge is 2.45. The zero-order chi connectivity index (χ0) is 12.0. The zero-order valence-corrected chi connectivity index (χ0v) is 10.7. The molecule has 3 rings (SSSR count). The van der Waals surface area contributed by atoms with Gasteiger partial charge in [-0.3, -0.25) is 0 Å². The molecule has 0 bridgehead atoms. The first-order valence-electron chi connectivity index (χ1n) is 6.17. The fourth-order valence-electron chi connectivity index (χ4n) is 3.03. The van der Waals surface area contributed by atoms with Crippen molar-refractivity contribution in [3.8, 4) is 0 Å². The molecule has 92 valence electrons. The number of benzene rings is 1. The molecule has 4 heteroatoms. The van der Waals surface area contributed by atoms with Crippen LogP contribution < -0.4 is 5.32 Å². The van der Waals surface area contributed by atoms with Crippen LogP contribution in [-0.4, -0.2) is 25.5 Å². The van der Waals surface area contributed by atoms with Crippen LogP contribution in [0.5, 0.6) is 0 Å². The van der Waals surface area contributed by atoms with Crippen LogP contribution in [0.4, 0.5) is 0 Å². The van der Waals surface area contributed by atoms with Crippen molar-refractivity contribution in [3.63, 3.8) is 0 Å². The monoisotopic (exact) mass is 251 g/mol. The van der Waals surface area contributed by atoms with Gasteiger partial charge in [-0.25, -0.2) is 8.42 Å². The standard InChI is InChI=1S/C13H17NO2S/c1-2-10-8-17(15,16)12-7-9-5-3-4-6-11(9)13(12)14-10/h3-6,10,12-14H,2,7-8H2,1H3. The molecule has 1 saturated heterocycles. The van der Waals surface area contributed by atoms with E-state index in [2.05, 4.69) is 11.4 Å². The summed E-state index contributed by atoms with van der Waals surface area (Å²) in [5.74, 6) is 0.290. The van der Waals surface area contributed by atoms with Gasteiger partial charge in [0.2, 0.25) is 0 Å². The molecule has 1 aromatic carbocycles. The van der Waals surface area contributed by atoms with Crippen molar-refractivity contribution >= 4 is 9.84 Å². The zero-order valence-electron chi connectivity index (χ0n) is 9.89. The average molecular weight is 251 g/mol. The van der Waals surface area contributed by atoms with Gasteiger partial charge in [-0.2, -0.15) is 0 Å². The van der Waals surface area contributed by atoms with Crippen LogP contribution >= 0.6 is 0 Å². The summed E-state index contributed by atoms with van der Waals surface area (Å²) in [7, 11) is -2.95. The molecule has 17 heavy (non-hydrogen) atoms. The van der Waals surface area contributed by atoms with E-state index in [1.54, 1.807) is 0 Å². The number of hydrogen-bond acceptors (Lipinski definition) is 3. The van der Waals surface area contributed by atoms with E-state index in [1.165, 1.54) is 11.1 Å². The van der Waals surface area contributed by atoms with Crippen LogP contribution in [0.3, 0.4) is 0 Å². The number of rotatable bonds is 1. The van der Waals surface area contributed by atoms with Crippen molar-refractivity contribution < 1.29 is 8.42 Å². The van der Waals surface area contributed by atoms with Crippen molar-refractivity contribution in [1.29, 1.82) is 0 Å². The van der Waals surface area contributed by atoms with Crippen molar-refractivity contribution in [2.24, 2.45) is 0 Å². The maximum Gasteiger partial charge on any atom is 0.156 e. The van der Waals surface area contributed by atoms with Gasteiger partial charge in [0.05, 0.1) is 11.0 Å². The lowest BCUT2D eigenvalue weighted by atomic mass is 10.1. The summed E-state index contributed by atoms with van der Waals surface area (Å²) < 4.78 is 24.5. The first-order chi connectivity index (χ1) is 8.12. The summed E-state index contributed by atoms with van der Waals surface area (Å²) in [4.78, 5) is 0. The van der Waals surface area contributed by atoms with Gasteiger partial charge in [-0.15, -0.1) is 0 Å². The number of hydrogen-bond donors (Lipinski definition) is 1. The van der Waals surface area contributed by atoms with Crippen molar-refractivity contribution in [1.82, 2.24) is 5.32 Å². The van der Waals surface area contributed by atoms with Crippen LogP contribution in [0.2, 0.25) is 0 Å². The number of nitrogens with one attached hydrogen (secondary N) is 1. The lowest BCUT2D eigenvalue weighted by Crippen LogP contribution is -2.50. The molecule has 2 aliphatic rings. The van der Waals surface area contributed by atoms with E-state index < -0.39 is 9.84 Å². The molecule has 0 aromatic heterocycles. The molecule has 3 nitrogen and oxygen atoms in total. The SMILES string of the molecule is CCC1CS(=O)(=O)C2Cc3ccccc3C2N1. The van der Waals surface area contributed by atoms with E-state index in [0.717, 1.165) is 6.42 Å². The van der Waals surface area contributed by atoms with Gasteiger partial charge >= 0.3 is 0 Å². The van der Waals surface area contributed by atoms with Crippen LogP contribution in [0, 0.1) is 0 Å². The lowest BCUT2D eigenvalue weighted by molar-refractivity contribution is 0.410. The summed E-state index contributed by atoms with van der Waals surface area (Å²) in [5.41, 5.74) is 2.37. The minimum Gasteiger partial charge on any atom is -0.305 e. The van der Waals surface area contributed by atoms with Gasteiger partial charge < -0.3 is 5.32 Å². The smallest absolute Gasteiger partial charge is 0.156 e. The van der Waals surface area contributed by atoms with Gasteiger partial charge in [0.25, 0.3) is 0 Å². The second kappa shape index (κ2) is 3.82. The molecule has 1 aromatic rings. The Hall–Kier alpha value is -0.870. The maximum atomic E-state index is 12.3. The Morgan fingerprint density at radius 3 is 2.88 bits per heavy atom. The summed E-state index contributed by atoms with van der Waals surface area (Å²) in [6, 6.07) is 8.19. The first-order valence-corrected chi connectivity index (χ1v) is 7.89. The predicted octanol–water partition coefficient (Wildman–Crippen LogP) is 1.45. The Balaban J connectivity index is 2.04. The third-order valence-corrected chi connectivity index (χ3v) is 6.21. The normalized spacial score (nSPS) is 34.1. The molecule has 1 aliphatic carbocycles. The quantitative estimate of drug-likeness (QED) is 0.821. The largest absolute Gasteiger partial charge is 0.305 e. The Bertz CT molecular complexity index is 538. The topological polar surface area (TPSA) is 46.2 Å². The summed E-state index contributed by atoms with van der Waals surface area (Å²) in [6.45, 7) is 2.04. The highest BCUT2D eigenvalue weighted by atomic mass is 32.2. The molecule has 1 heterocycles. The molecule has 1 fully saturated rings. The fraction of sp³-hybridized carbons (Fsp3) is 0.538. The molecule has 3 atom stereocenters. The molecule has 1 N–H and O–H groups in total. The van der Waals surface area contributed by atoms with Gasteiger partial charge in [-0.05, 0) is 24.0 Å².